The highest BCUT2D eigenvalue weighted by atomic mass is 16.5. The Morgan fingerprint density at radius 2 is 1.23 bits per heavy atom. The fraction of sp³-hybridized carbons (Fsp3) is 0.250. The van der Waals surface area contributed by atoms with E-state index in [0.29, 0.717) is 23.1 Å². The second-order valence-corrected chi connectivity index (χ2v) is 5.07. The summed E-state index contributed by atoms with van der Waals surface area (Å²) in [5.74, 6) is -0.758. The minimum atomic E-state index is -0.760. The number of carbonyl (C=O) groups excluding carboxylic acids is 2. The fourth-order valence-electron chi connectivity index (χ4n) is 1.76. The van der Waals surface area contributed by atoms with Crippen LogP contribution in [-0.2, 0) is 9.59 Å². The van der Waals surface area contributed by atoms with Crippen molar-refractivity contribution in [2.45, 2.75) is 0 Å². The van der Waals surface area contributed by atoms with E-state index in [1.54, 1.807) is 24.3 Å². The maximum absolute atomic E-state index is 11.6. The lowest BCUT2D eigenvalue weighted by molar-refractivity contribution is -0.139. The first-order valence-corrected chi connectivity index (χ1v) is 7.79. The van der Waals surface area contributed by atoms with Crippen molar-refractivity contribution in [3.63, 3.8) is 0 Å². The zero-order valence-corrected chi connectivity index (χ0v) is 14.0. The Bertz CT molecular complexity index is 657. The summed E-state index contributed by atoms with van der Waals surface area (Å²) in [6, 6.07) is 6.52. The van der Waals surface area contributed by atoms with E-state index in [1.807, 2.05) is 0 Å². The molecule has 0 fully saturated rings. The molecule has 0 saturated carbocycles. The van der Waals surface area contributed by atoms with E-state index >= 15 is 0 Å². The Morgan fingerprint density at radius 1 is 0.808 bits per heavy atom. The molecule has 0 aliphatic carbocycles. The molecular weight excluding hydrogens is 340 g/mol. The summed E-state index contributed by atoms with van der Waals surface area (Å²) in [5, 5.41) is 4.87. The molecule has 2 heterocycles. The summed E-state index contributed by atoms with van der Waals surface area (Å²) in [6.07, 6.45) is 2.92. The average molecular weight is 360 g/mol. The molecule has 0 aliphatic heterocycles. The second-order valence-electron chi connectivity index (χ2n) is 5.07. The average Bonchev–Trinajstić information content (AvgIpc) is 2.65. The first kappa shape index (κ1) is 18.8. The van der Waals surface area contributed by atoms with Crippen LogP contribution in [0.2, 0.25) is 0 Å². The number of ether oxygens (including phenoxy) is 2. The number of nitrogens with one attached hydrogen (secondary N) is 2. The van der Waals surface area contributed by atoms with Crippen LogP contribution in [0.25, 0.3) is 0 Å². The van der Waals surface area contributed by atoms with E-state index < -0.39 is 11.8 Å². The molecule has 26 heavy (non-hydrogen) atoms. The van der Waals surface area contributed by atoms with Gasteiger partial charge in [0.1, 0.15) is 13.2 Å². The quantitative estimate of drug-likeness (QED) is 0.357. The van der Waals surface area contributed by atoms with Crippen molar-refractivity contribution in [3.05, 3.63) is 36.7 Å². The van der Waals surface area contributed by atoms with E-state index in [4.69, 9.17) is 20.9 Å². The number of pyridine rings is 2. The number of amides is 2. The largest absolute Gasteiger partial charge is 0.476 e. The van der Waals surface area contributed by atoms with E-state index in [9.17, 15) is 9.59 Å². The van der Waals surface area contributed by atoms with E-state index in [-0.39, 0.29) is 26.3 Å². The van der Waals surface area contributed by atoms with Gasteiger partial charge in [-0.15, -0.1) is 0 Å². The number of anilines is 2. The van der Waals surface area contributed by atoms with Gasteiger partial charge in [0.15, 0.2) is 0 Å². The van der Waals surface area contributed by atoms with Gasteiger partial charge < -0.3 is 31.6 Å². The molecule has 0 unspecified atom stereocenters. The highest BCUT2D eigenvalue weighted by molar-refractivity contribution is 6.35. The summed E-state index contributed by atoms with van der Waals surface area (Å²) in [6.45, 7) is 0.651. The first-order chi connectivity index (χ1) is 12.5. The number of carbonyl (C=O) groups is 2. The van der Waals surface area contributed by atoms with Crippen molar-refractivity contribution < 1.29 is 19.1 Å². The van der Waals surface area contributed by atoms with Crippen molar-refractivity contribution in [2.24, 2.45) is 0 Å². The summed E-state index contributed by atoms with van der Waals surface area (Å²) < 4.78 is 10.6. The van der Waals surface area contributed by atoms with Gasteiger partial charge in [-0.25, -0.2) is 9.97 Å². The standard InChI is InChI=1S/C16H20N6O4/c17-11-1-3-13(21-9-11)25-7-5-19-15(23)16(24)20-6-8-26-14-4-2-12(18)10-22-14/h1-4,9-10H,5-8,17-18H2,(H,19,23)(H,20,24). The summed E-state index contributed by atoms with van der Waals surface area (Å²) >= 11 is 0. The van der Waals surface area contributed by atoms with Crippen molar-refractivity contribution in [1.82, 2.24) is 20.6 Å². The van der Waals surface area contributed by atoms with Crippen LogP contribution in [0, 0.1) is 0 Å². The lowest BCUT2D eigenvalue weighted by Gasteiger charge is -2.08. The first-order valence-electron chi connectivity index (χ1n) is 7.79. The molecule has 2 rings (SSSR count). The lowest BCUT2D eigenvalue weighted by atomic mass is 10.4. The van der Waals surface area contributed by atoms with Crippen molar-refractivity contribution in [1.29, 1.82) is 0 Å². The maximum Gasteiger partial charge on any atom is 0.309 e. The van der Waals surface area contributed by atoms with Crippen LogP contribution in [0.15, 0.2) is 36.7 Å². The Balaban J connectivity index is 1.56. The monoisotopic (exact) mass is 360 g/mol. The van der Waals surface area contributed by atoms with Gasteiger partial charge in [0.2, 0.25) is 11.8 Å². The maximum atomic E-state index is 11.6. The molecule has 2 amide bonds. The Labute approximate surface area is 149 Å². The summed E-state index contributed by atoms with van der Waals surface area (Å²) in [5.41, 5.74) is 12.1. The Hall–Kier alpha value is -3.56. The molecule has 0 saturated heterocycles. The molecule has 0 radical (unpaired) electrons. The molecule has 6 N–H and O–H groups in total. The zero-order chi connectivity index (χ0) is 18.8. The van der Waals surface area contributed by atoms with Gasteiger partial charge in [-0.3, -0.25) is 9.59 Å². The number of nitrogens with two attached hydrogens (primary N) is 2. The van der Waals surface area contributed by atoms with Gasteiger partial charge in [-0.2, -0.15) is 0 Å². The second kappa shape index (κ2) is 9.67. The van der Waals surface area contributed by atoms with E-state index in [0.717, 1.165) is 0 Å². The molecular formula is C16H20N6O4. The SMILES string of the molecule is Nc1ccc(OCCNC(=O)C(=O)NCCOc2ccc(N)cn2)nc1. The predicted octanol–water partition coefficient (Wildman–Crippen LogP) is -0.669. The van der Waals surface area contributed by atoms with Crippen LogP contribution < -0.4 is 31.6 Å². The van der Waals surface area contributed by atoms with Gasteiger partial charge in [0, 0.05) is 12.1 Å². The zero-order valence-electron chi connectivity index (χ0n) is 14.0. The highest BCUT2D eigenvalue weighted by Crippen LogP contribution is 2.08. The van der Waals surface area contributed by atoms with Gasteiger partial charge >= 0.3 is 11.8 Å². The number of hydrogen-bond donors (Lipinski definition) is 4. The number of aromatic nitrogens is 2. The molecule has 0 aliphatic rings. The number of rotatable bonds is 8. The normalized spacial score (nSPS) is 10.0. The van der Waals surface area contributed by atoms with E-state index in [2.05, 4.69) is 20.6 Å². The Morgan fingerprint density at radius 3 is 1.58 bits per heavy atom. The molecule has 0 atom stereocenters. The summed E-state index contributed by atoms with van der Waals surface area (Å²) in [4.78, 5) is 31.1. The molecule has 0 spiro atoms. The third-order valence-corrected chi connectivity index (χ3v) is 3.00. The van der Waals surface area contributed by atoms with Crippen molar-refractivity contribution in [2.75, 3.05) is 37.8 Å². The van der Waals surface area contributed by atoms with E-state index in [1.165, 1.54) is 12.4 Å². The third kappa shape index (κ3) is 6.51. The molecule has 10 heteroatoms. The van der Waals surface area contributed by atoms with Crippen LogP contribution >= 0.6 is 0 Å². The topological polar surface area (TPSA) is 154 Å². The van der Waals surface area contributed by atoms with Crippen LogP contribution in [-0.4, -0.2) is 48.1 Å². The minimum Gasteiger partial charge on any atom is -0.476 e. The number of hydrogen-bond acceptors (Lipinski definition) is 8. The predicted molar refractivity (Wildman–Crippen MR) is 94.3 cm³/mol. The molecule has 138 valence electrons. The smallest absolute Gasteiger partial charge is 0.309 e. The number of nitrogen functional groups attached to an aromatic ring is 2. The Kier molecular flexibility index (Phi) is 6.98. The third-order valence-electron chi connectivity index (χ3n) is 3.00. The van der Waals surface area contributed by atoms with Gasteiger partial charge in [0.25, 0.3) is 0 Å². The van der Waals surface area contributed by atoms with Gasteiger partial charge in [-0.1, -0.05) is 0 Å². The van der Waals surface area contributed by atoms with Crippen molar-refractivity contribution in [3.8, 4) is 11.8 Å². The van der Waals surface area contributed by atoms with Crippen LogP contribution in [0.3, 0.4) is 0 Å². The molecule has 0 bridgehead atoms. The van der Waals surface area contributed by atoms with Crippen molar-refractivity contribution >= 4 is 23.2 Å². The van der Waals surface area contributed by atoms with Crippen LogP contribution in [0.5, 0.6) is 11.8 Å². The van der Waals surface area contributed by atoms with Gasteiger partial charge in [0.05, 0.1) is 36.9 Å². The summed E-state index contributed by atoms with van der Waals surface area (Å²) in [7, 11) is 0. The molecule has 0 aromatic carbocycles. The fourth-order valence-corrected chi connectivity index (χ4v) is 1.76. The van der Waals surface area contributed by atoms with Crippen LogP contribution in [0.1, 0.15) is 0 Å². The van der Waals surface area contributed by atoms with Gasteiger partial charge in [-0.05, 0) is 12.1 Å². The molecule has 2 aromatic heterocycles. The molecule has 2 aromatic rings. The number of nitrogens with zero attached hydrogens (tertiary/aromatic N) is 2. The minimum absolute atomic E-state index is 0.157. The van der Waals surface area contributed by atoms with Crippen LogP contribution in [0.4, 0.5) is 11.4 Å². The molecule has 10 nitrogen and oxygen atoms in total. The lowest BCUT2D eigenvalue weighted by Crippen LogP contribution is -2.42. The highest BCUT2D eigenvalue weighted by Gasteiger charge is 2.12.